The van der Waals surface area contributed by atoms with Crippen LogP contribution in [0.4, 0.5) is 0 Å². The number of aromatic amines is 1. The van der Waals surface area contributed by atoms with E-state index in [2.05, 4.69) is 23.9 Å². The first kappa shape index (κ1) is 13.4. The molecule has 1 saturated heterocycles. The van der Waals surface area contributed by atoms with Gasteiger partial charge in [-0.1, -0.05) is 0 Å². The maximum absolute atomic E-state index is 12.2. The molecule has 1 unspecified atom stereocenters. The van der Waals surface area contributed by atoms with Gasteiger partial charge < -0.3 is 4.74 Å². The highest BCUT2D eigenvalue weighted by Crippen LogP contribution is 2.32. The molecule has 0 radical (unpaired) electrons. The number of hydrogen-bond donors (Lipinski definition) is 1. The maximum atomic E-state index is 12.2. The third-order valence-electron chi connectivity index (χ3n) is 4.04. The Morgan fingerprint density at radius 1 is 1.45 bits per heavy atom. The van der Waals surface area contributed by atoms with Gasteiger partial charge in [-0.15, -0.1) is 0 Å². The molecule has 0 saturated carbocycles. The van der Waals surface area contributed by atoms with E-state index in [-0.39, 0.29) is 17.2 Å². The van der Waals surface area contributed by atoms with Gasteiger partial charge in [-0.2, -0.15) is 0 Å². The first-order chi connectivity index (χ1) is 9.37. The summed E-state index contributed by atoms with van der Waals surface area (Å²) in [7, 11) is 0. The molecule has 1 aliphatic rings. The van der Waals surface area contributed by atoms with E-state index in [0.29, 0.717) is 12.0 Å². The first-order valence-corrected chi connectivity index (χ1v) is 7.10. The normalized spacial score (nSPS) is 22.3. The Balaban J connectivity index is 2.15. The summed E-state index contributed by atoms with van der Waals surface area (Å²) >= 11 is 0. The van der Waals surface area contributed by atoms with Gasteiger partial charge in [0.2, 0.25) is 0 Å². The van der Waals surface area contributed by atoms with Crippen LogP contribution >= 0.6 is 0 Å². The maximum Gasteiger partial charge on any atom is 0.273 e. The smallest absolute Gasteiger partial charge is 0.273 e. The Kier molecular flexibility index (Phi) is 2.97. The number of ether oxygens (including phenoxy) is 1. The first-order valence-electron chi connectivity index (χ1n) is 7.10. The van der Waals surface area contributed by atoms with E-state index in [1.165, 1.54) is 0 Å². The molecule has 1 fully saturated rings. The quantitative estimate of drug-likeness (QED) is 0.869. The van der Waals surface area contributed by atoms with Crippen molar-refractivity contribution in [1.29, 1.82) is 0 Å². The highest BCUT2D eigenvalue weighted by atomic mass is 16.5. The largest absolute Gasteiger partial charge is 0.375 e. The van der Waals surface area contributed by atoms with Gasteiger partial charge in [0.25, 0.3) is 5.56 Å². The van der Waals surface area contributed by atoms with E-state index in [1.807, 2.05) is 24.6 Å². The summed E-state index contributed by atoms with van der Waals surface area (Å²) in [5.74, 6) is 0. The summed E-state index contributed by atoms with van der Waals surface area (Å²) < 4.78 is 7.70. The SMILES string of the molecule is Cc1cc(C)c2c(=O)[nH]n(C3CCOC(C)(C)C3)c2n1. The van der Waals surface area contributed by atoms with Crippen molar-refractivity contribution in [2.24, 2.45) is 0 Å². The molecule has 0 spiro atoms. The third kappa shape index (κ3) is 2.16. The average Bonchev–Trinajstić information content (AvgIpc) is 2.65. The summed E-state index contributed by atoms with van der Waals surface area (Å²) in [6, 6.07) is 2.19. The zero-order valence-corrected chi connectivity index (χ0v) is 12.5. The second-order valence-electron chi connectivity index (χ2n) is 6.34. The van der Waals surface area contributed by atoms with Gasteiger partial charge in [0.1, 0.15) is 0 Å². The van der Waals surface area contributed by atoms with Crippen LogP contribution in [-0.4, -0.2) is 27.0 Å². The summed E-state index contributed by atoms with van der Waals surface area (Å²) in [4.78, 5) is 16.8. The lowest BCUT2D eigenvalue weighted by atomic mass is 9.94. The highest BCUT2D eigenvalue weighted by molar-refractivity contribution is 5.78. The number of nitrogens with one attached hydrogen (secondary N) is 1. The standard InChI is InChI=1S/C15H21N3O2/c1-9-7-10(2)16-13-12(9)14(19)17-18(13)11-5-6-20-15(3,4)8-11/h7,11H,5-6,8H2,1-4H3,(H,17,19). The van der Waals surface area contributed by atoms with Crippen LogP contribution in [0.3, 0.4) is 0 Å². The molecule has 108 valence electrons. The average molecular weight is 275 g/mol. The van der Waals surface area contributed by atoms with Gasteiger partial charge in [0.15, 0.2) is 5.65 Å². The Labute approximate surface area is 117 Å². The Morgan fingerprint density at radius 3 is 2.90 bits per heavy atom. The van der Waals surface area contributed by atoms with Crippen LogP contribution < -0.4 is 5.56 Å². The lowest BCUT2D eigenvalue weighted by Gasteiger charge is -2.35. The van der Waals surface area contributed by atoms with Crippen molar-refractivity contribution < 1.29 is 4.74 Å². The third-order valence-corrected chi connectivity index (χ3v) is 4.04. The molecule has 0 bridgehead atoms. The summed E-state index contributed by atoms with van der Waals surface area (Å²) in [6.45, 7) is 8.82. The number of fused-ring (bicyclic) bond motifs is 1. The minimum Gasteiger partial charge on any atom is -0.375 e. The number of rotatable bonds is 1. The fraction of sp³-hybridized carbons (Fsp3) is 0.600. The zero-order chi connectivity index (χ0) is 14.5. The number of aryl methyl sites for hydroxylation is 2. The Morgan fingerprint density at radius 2 is 2.20 bits per heavy atom. The van der Waals surface area contributed by atoms with Crippen LogP contribution in [-0.2, 0) is 4.74 Å². The molecule has 2 aromatic rings. The fourth-order valence-corrected chi connectivity index (χ4v) is 3.17. The Bertz CT molecular complexity index is 712. The molecule has 5 heteroatoms. The van der Waals surface area contributed by atoms with Crippen molar-refractivity contribution in [2.45, 2.75) is 52.2 Å². The van der Waals surface area contributed by atoms with Gasteiger partial charge in [0, 0.05) is 12.3 Å². The molecule has 0 aliphatic carbocycles. The van der Waals surface area contributed by atoms with Crippen LogP contribution in [0.25, 0.3) is 11.0 Å². The monoisotopic (exact) mass is 275 g/mol. The number of H-pyrrole nitrogens is 1. The van der Waals surface area contributed by atoms with Crippen molar-refractivity contribution in [2.75, 3.05) is 6.61 Å². The lowest BCUT2D eigenvalue weighted by Crippen LogP contribution is -2.35. The van der Waals surface area contributed by atoms with E-state index in [1.54, 1.807) is 0 Å². The summed E-state index contributed by atoms with van der Waals surface area (Å²) in [5, 5.41) is 3.68. The van der Waals surface area contributed by atoms with Gasteiger partial charge in [-0.05, 0) is 52.2 Å². The van der Waals surface area contributed by atoms with Crippen molar-refractivity contribution in [3.05, 3.63) is 27.7 Å². The number of aromatic nitrogens is 3. The predicted octanol–water partition coefficient (Wildman–Crippen LogP) is 2.47. The molecule has 0 aromatic carbocycles. The van der Waals surface area contributed by atoms with Crippen molar-refractivity contribution in [1.82, 2.24) is 14.8 Å². The molecule has 0 amide bonds. The van der Waals surface area contributed by atoms with Crippen LogP contribution in [0.2, 0.25) is 0 Å². The van der Waals surface area contributed by atoms with Crippen molar-refractivity contribution >= 4 is 11.0 Å². The van der Waals surface area contributed by atoms with E-state index >= 15 is 0 Å². The van der Waals surface area contributed by atoms with Gasteiger partial charge in [-0.3, -0.25) is 14.6 Å². The molecule has 3 rings (SSSR count). The van der Waals surface area contributed by atoms with Crippen LogP contribution in [0, 0.1) is 13.8 Å². The molecule has 20 heavy (non-hydrogen) atoms. The minimum absolute atomic E-state index is 0.0469. The molecule has 3 heterocycles. The molecule has 2 aromatic heterocycles. The predicted molar refractivity (Wildman–Crippen MR) is 78.1 cm³/mol. The molecular weight excluding hydrogens is 254 g/mol. The molecule has 5 nitrogen and oxygen atoms in total. The van der Waals surface area contributed by atoms with E-state index in [4.69, 9.17) is 4.74 Å². The van der Waals surface area contributed by atoms with Gasteiger partial charge in [-0.25, -0.2) is 4.98 Å². The Hall–Kier alpha value is -1.62. The molecule has 1 N–H and O–H groups in total. The highest BCUT2D eigenvalue weighted by Gasteiger charge is 2.31. The fourth-order valence-electron chi connectivity index (χ4n) is 3.17. The van der Waals surface area contributed by atoms with Crippen LogP contribution in [0.15, 0.2) is 10.9 Å². The van der Waals surface area contributed by atoms with Crippen molar-refractivity contribution in [3.63, 3.8) is 0 Å². The van der Waals surface area contributed by atoms with Gasteiger partial charge in [0.05, 0.1) is 17.0 Å². The van der Waals surface area contributed by atoms with Crippen LogP contribution in [0.1, 0.15) is 44.0 Å². The number of hydrogen-bond acceptors (Lipinski definition) is 3. The number of pyridine rings is 1. The topological polar surface area (TPSA) is 59.9 Å². The summed E-state index contributed by atoms with van der Waals surface area (Å²) in [6.07, 6.45) is 1.78. The number of nitrogens with zero attached hydrogens (tertiary/aromatic N) is 2. The van der Waals surface area contributed by atoms with Crippen molar-refractivity contribution in [3.8, 4) is 0 Å². The zero-order valence-electron chi connectivity index (χ0n) is 12.5. The van der Waals surface area contributed by atoms with E-state index in [0.717, 1.165) is 29.7 Å². The molecule has 1 atom stereocenters. The lowest BCUT2D eigenvalue weighted by molar-refractivity contribution is -0.0702. The second-order valence-corrected chi connectivity index (χ2v) is 6.34. The van der Waals surface area contributed by atoms with Crippen LogP contribution in [0.5, 0.6) is 0 Å². The van der Waals surface area contributed by atoms with E-state index < -0.39 is 0 Å². The van der Waals surface area contributed by atoms with Gasteiger partial charge >= 0.3 is 0 Å². The van der Waals surface area contributed by atoms with E-state index in [9.17, 15) is 4.79 Å². The minimum atomic E-state index is -0.157. The summed E-state index contributed by atoms with van der Waals surface area (Å²) in [5.41, 5.74) is 2.49. The second kappa shape index (κ2) is 4.45. The molecule has 1 aliphatic heterocycles. The molecular formula is C15H21N3O2.